The van der Waals surface area contributed by atoms with Crippen LogP contribution in [0.15, 0.2) is 40.9 Å². The third kappa shape index (κ3) is 4.15. The van der Waals surface area contributed by atoms with Crippen molar-refractivity contribution < 1.29 is 24.2 Å². The number of benzene rings is 2. The van der Waals surface area contributed by atoms with Gasteiger partial charge in [-0.2, -0.15) is 0 Å². The number of rotatable bonds is 4. The summed E-state index contributed by atoms with van der Waals surface area (Å²) < 4.78 is 6.26. The summed E-state index contributed by atoms with van der Waals surface area (Å²) in [4.78, 5) is 39.4. The van der Waals surface area contributed by atoms with E-state index < -0.39 is 23.2 Å². The lowest BCUT2D eigenvalue weighted by molar-refractivity contribution is -0.149. The summed E-state index contributed by atoms with van der Waals surface area (Å²) in [5.74, 6) is -1.50. The highest BCUT2D eigenvalue weighted by atomic mass is 79.9. The van der Waals surface area contributed by atoms with Crippen LogP contribution in [-0.2, 0) is 9.53 Å². The first kappa shape index (κ1) is 21.3. The van der Waals surface area contributed by atoms with Gasteiger partial charge < -0.3 is 9.84 Å². The van der Waals surface area contributed by atoms with Gasteiger partial charge in [0.2, 0.25) is 0 Å². The maximum Gasteiger partial charge on any atom is 0.411 e. The zero-order valence-electron chi connectivity index (χ0n) is 16.7. The summed E-state index contributed by atoms with van der Waals surface area (Å²) in [6.45, 7) is 5.42. The molecule has 6 nitrogen and oxygen atoms in total. The lowest BCUT2D eigenvalue weighted by Crippen LogP contribution is -2.55. The molecule has 1 unspecified atom stereocenters. The molecule has 3 rings (SSSR count). The van der Waals surface area contributed by atoms with Gasteiger partial charge in [-0.25, -0.2) is 9.59 Å². The topological polar surface area (TPSA) is 83.9 Å². The van der Waals surface area contributed by atoms with E-state index in [1.807, 2.05) is 24.3 Å². The second-order valence-corrected chi connectivity index (χ2v) is 9.17. The maximum absolute atomic E-state index is 13.2. The molecule has 29 heavy (non-hydrogen) atoms. The number of carbonyl (C=O) groups is 3. The fourth-order valence-corrected chi connectivity index (χ4v) is 4.29. The van der Waals surface area contributed by atoms with Gasteiger partial charge in [0.15, 0.2) is 11.3 Å². The number of fused-ring (bicyclic) bond motifs is 1. The van der Waals surface area contributed by atoms with E-state index in [-0.39, 0.29) is 25.2 Å². The van der Waals surface area contributed by atoms with Gasteiger partial charge in [0.25, 0.3) is 0 Å². The first-order chi connectivity index (χ1) is 13.5. The molecule has 1 fully saturated rings. The zero-order valence-corrected chi connectivity index (χ0v) is 18.3. The van der Waals surface area contributed by atoms with Crippen LogP contribution in [0.4, 0.5) is 4.79 Å². The Morgan fingerprint density at radius 1 is 1.14 bits per heavy atom. The molecule has 1 saturated heterocycles. The highest BCUT2D eigenvalue weighted by molar-refractivity contribution is 9.10. The fraction of sp³-hybridized carbons (Fsp3) is 0.409. The predicted octanol–water partition coefficient (Wildman–Crippen LogP) is 5.03. The number of ketones is 1. The number of carboxylic acids is 1. The normalized spacial score (nSPS) is 19.4. The number of halogens is 1. The van der Waals surface area contributed by atoms with E-state index in [2.05, 4.69) is 15.9 Å². The number of nitrogens with zero attached hydrogens (tertiary/aromatic N) is 1. The van der Waals surface area contributed by atoms with E-state index in [4.69, 9.17) is 4.74 Å². The molecule has 0 bridgehead atoms. The van der Waals surface area contributed by atoms with E-state index >= 15 is 0 Å². The predicted molar refractivity (Wildman–Crippen MR) is 113 cm³/mol. The molecule has 154 valence electrons. The van der Waals surface area contributed by atoms with Crippen LogP contribution in [0, 0.1) is 0 Å². The van der Waals surface area contributed by atoms with E-state index in [9.17, 15) is 19.5 Å². The minimum atomic E-state index is -1.60. The molecule has 1 aliphatic rings. The second-order valence-electron chi connectivity index (χ2n) is 8.31. The van der Waals surface area contributed by atoms with Crippen LogP contribution in [0.25, 0.3) is 10.8 Å². The summed E-state index contributed by atoms with van der Waals surface area (Å²) in [6.07, 6.45) is -0.291. The summed E-state index contributed by atoms with van der Waals surface area (Å²) in [6, 6.07) is 10.9. The Labute approximate surface area is 178 Å². The van der Waals surface area contributed by atoms with Gasteiger partial charge in [-0.1, -0.05) is 40.2 Å². The minimum absolute atomic E-state index is 0.210. The van der Waals surface area contributed by atoms with Gasteiger partial charge in [0, 0.05) is 23.0 Å². The Balaban J connectivity index is 1.97. The lowest BCUT2D eigenvalue weighted by Gasteiger charge is -2.35. The Bertz CT molecular complexity index is 981. The van der Waals surface area contributed by atoms with Gasteiger partial charge >= 0.3 is 12.1 Å². The van der Waals surface area contributed by atoms with E-state index in [0.717, 1.165) is 15.2 Å². The van der Waals surface area contributed by atoms with E-state index in [1.165, 1.54) is 4.90 Å². The Morgan fingerprint density at radius 2 is 1.79 bits per heavy atom. The molecule has 0 radical (unpaired) electrons. The number of amides is 1. The highest BCUT2D eigenvalue weighted by Crippen LogP contribution is 2.37. The van der Waals surface area contributed by atoms with Crippen molar-refractivity contribution >= 4 is 44.5 Å². The van der Waals surface area contributed by atoms with Crippen molar-refractivity contribution in [3.8, 4) is 0 Å². The van der Waals surface area contributed by atoms with Crippen molar-refractivity contribution in [1.82, 2.24) is 4.90 Å². The fourth-order valence-electron chi connectivity index (χ4n) is 3.81. The van der Waals surface area contributed by atoms with Gasteiger partial charge in [0.1, 0.15) is 5.60 Å². The standard InChI is InChI=1S/C22H24BrNO5/c1-21(2,3)29-20(28)24-12-6-11-22(24,19(26)27)13-18(25)16-9-10-17(23)15-8-5-4-7-14(15)16/h4-5,7-10H,6,11-13H2,1-3H3,(H,26,27). The molecule has 1 N–H and O–H groups in total. The lowest BCUT2D eigenvalue weighted by atomic mass is 9.86. The average molecular weight is 462 g/mol. The van der Waals surface area contributed by atoms with Crippen LogP contribution >= 0.6 is 15.9 Å². The maximum atomic E-state index is 13.2. The van der Waals surface area contributed by atoms with Gasteiger partial charge in [-0.3, -0.25) is 9.69 Å². The quantitative estimate of drug-likeness (QED) is 0.645. The molecule has 0 aliphatic carbocycles. The Kier molecular flexibility index (Phi) is 5.72. The molecule has 2 aromatic rings. The van der Waals surface area contributed by atoms with Crippen LogP contribution in [0.3, 0.4) is 0 Å². The molecule has 1 aliphatic heterocycles. The SMILES string of the molecule is CC(C)(C)OC(=O)N1CCCC1(CC(=O)c1ccc(Br)c2ccccc12)C(=O)O. The number of hydrogen-bond acceptors (Lipinski definition) is 4. The minimum Gasteiger partial charge on any atom is -0.479 e. The Morgan fingerprint density at radius 3 is 2.41 bits per heavy atom. The molecule has 7 heteroatoms. The van der Waals surface area contributed by atoms with Crippen molar-refractivity contribution in [2.24, 2.45) is 0 Å². The number of ether oxygens (including phenoxy) is 1. The van der Waals surface area contributed by atoms with Gasteiger partial charge in [0.05, 0.1) is 0 Å². The number of hydrogen-bond donors (Lipinski definition) is 1. The average Bonchev–Trinajstić information content (AvgIpc) is 3.06. The van der Waals surface area contributed by atoms with E-state index in [1.54, 1.807) is 32.9 Å². The number of Topliss-reactive ketones (excluding diaryl/α,β-unsaturated/α-hetero) is 1. The number of aliphatic carboxylic acids is 1. The summed E-state index contributed by atoms with van der Waals surface area (Å²) in [7, 11) is 0. The molecule has 0 saturated carbocycles. The molecular formula is C22H24BrNO5. The third-order valence-corrected chi connectivity index (χ3v) is 5.82. The second kappa shape index (κ2) is 7.78. The monoisotopic (exact) mass is 461 g/mol. The highest BCUT2D eigenvalue weighted by Gasteiger charge is 2.52. The van der Waals surface area contributed by atoms with Crippen LogP contribution in [0.1, 0.15) is 50.4 Å². The molecule has 0 aromatic heterocycles. The molecule has 0 spiro atoms. The largest absolute Gasteiger partial charge is 0.479 e. The number of carboxylic acid groups (broad SMARTS) is 1. The molecule has 1 atom stereocenters. The van der Waals surface area contributed by atoms with Crippen LogP contribution < -0.4 is 0 Å². The Hall–Kier alpha value is -2.41. The summed E-state index contributed by atoms with van der Waals surface area (Å²) in [5.41, 5.74) is -1.91. The van der Waals surface area contributed by atoms with Crippen molar-refractivity contribution in [2.75, 3.05) is 6.54 Å². The zero-order chi connectivity index (χ0) is 21.4. The molecular weight excluding hydrogens is 438 g/mol. The summed E-state index contributed by atoms with van der Waals surface area (Å²) in [5, 5.41) is 11.6. The van der Waals surface area contributed by atoms with Crippen molar-refractivity contribution in [3.63, 3.8) is 0 Å². The van der Waals surface area contributed by atoms with Crippen LogP contribution in [0.2, 0.25) is 0 Å². The molecule has 2 aromatic carbocycles. The van der Waals surface area contributed by atoms with E-state index in [0.29, 0.717) is 12.0 Å². The van der Waals surface area contributed by atoms with Crippen molar-refractivity contribution in [3.05, 3.63) is 46.4 Å². The van der Waals surface area contributed by atoms with Crippen LogP contribution in [-0.4, -0.2) is 45.5 Å². The van der Waals surface area contributed by atoms with Gasteiger partial charge in [-0.15, -0.1) is 0 Å². The first-order valence-corrected chi connectivity index (χ1v) is 10.3. The number of likely N-dealkylation sites (tertiary alicyclic amines) is 1. The summed E-state index contributed by atoms with van der Waals surface area (Å²) >= 11 is 3.48. The van der Waals surface area contributed by atoms with Gasteiger partial charge in [-0.05, 0) is 56.5 Å². The smallest absolute Gasteiger partial charge is 0.411 e. The molecule has 1 amide bonds. The van der Waals surface area contributed by atoms with Crippen molar-refractivity contribution in [1.29, 1.82) is 0 Å². The van der Waals surface area contributed by atoms with Crippen LogP contribution in [0.5, 0.6) is 0 Å². The first-order valence-electron chi connectivity index (χ1n) is 9.50. The molecule has 1 heterocycles. The number of carbonyl (C=O) groups excluding carboxylic acids is 2. The van der Waals surface area contributed by atoms with Crippen molar-refractivity contribution in [2.45, 2.75) is 51.2 Å². The third-order valence-electron chi connectivity index (χ3n) is 5.13.